The van der Waals surface area contributed by atoms with Gasteiger partial charge >= 0.3 is 6.18 Å². The summed E-state index contributed by atoms with van der Waals surface area (Å²) in [4.78, 5) is 6.18. The molecule has 0 amide bonds. The van der Waals surface area contributed by atoms with Crippen molar-refractivity contribution in [1.29, 1.82) is 0 Å². The van der Waals surface area contributed by atoms with Gasteiger partial charge in [0.15, 0.2) is 0 Å². The largest absolute Gasteiger partial charge is 0.398 e. The standard InChI is InChI=1S/C18H17F5N2S/c1-11-8-14(20)15(9-16(11)26-10-18(21,22)23)24-17(25(2)3)12-4-6-13(19)7-5-12/h4-9H,10H2,1-3H3/b24-17+. The van der Waals surface area contributed by atoms with Crippen molar-refractivity contribution in [1.82, 2.24) is 4.90 Å². The maximum Gasteiger partial charge on any atom is 0.398 e. The zero-order valence-electron chi connectivity index (χ0n) is 14.4. The second-order valence-electron chi connectivity index (χ2n) is 5.81. The second-order valence-corrected chi connectivity index (χ2v) is 6.83. The summed E-state index contributed by atoms with van der Waals surface area (Å²) in [6, 6.07) is 7.97. The Kier molecular flexibility index (Phi) is 6.28. The first-order valence-electron chi connectivity index (χ1n) is 7.58. The molecule has 26 heavy (non-hydrogen) atoms. The molecule has 0 atom stereocenters. The van der Waals surface area contributed by atoms with Crippen LogP contribution >= 0.6 is 11.8 Å². The molecule has 0 spiro atoms. The van der Waals surface area contributed by atoms with Gasteiger partial charge in [-0.25, -0.2) is 13.8 Å². The molecule has 140 valence electrons. The van der Waals surface area contributed by atoms with Crippen LogP contribution in [0.5, 0.6) is 0 Å². The molecule has 0 aliphatic heterocycles. The van der Waals surface area contributed by atoms with E-state index in [0.717, 1.165) is 6.07 Å². The first kappa shape index (κ1) is 20.2. The quantitative estimate of drug-likeness (QED) is 0.295. The number of aliphatic imine (C=N–C) groups is 1. The monoisotopic (exact) mass is 388 g/mol. The summed E-state index contributed by atoms with van der Waals surface area (Å²) in [6.07, 6.45) is -4.32. The highest BCUT2D eigenvalue weighted by Gasteiger charge is 2.27. The lowest BCUT2D eigenvalue weighted by Gasteiger charge is -2.17. The van der Waals surface area contributed by atoms with E-state index in [1.807, 2.05) is 0 Å². The van der Waals surface area contributed by atoms with Gasteiger partial charge in [-0.3, -0.25) is 0 Å². The van der Waals surface area contributed by atoms with E-state index >= 15 is 0 Å². The second kappa shape index (κ2) is 8.07. The number of thioether (sulfide) groups is 1. The highest BCUT2D eigenvalue weighted by molar-refractivity contribution is 7.99. The van der Waals surface area contributed by atoms with E-state index in [1.165, 1.54) is 30.3 Å². The van der Waals surface area contributed by atoms with Crippen molar-refractivity contribution < 1.29 is 22.0 Å². The van der Waals surface area contributed by atoms with Crippen molar-refractivity contribution in [3.05, 3.63) is 59.2 Å². The van der Waals surface area contributed by atoms with Gasteiger partial charge in [0, 0.05) is 24.6 Å². The predicted molar refractivity (Wildman–Crippen MR) is 94.2 cm³/mol. The maximum atomic E-state index is 14.3. The summed E-state index contributed by atoms with van der Waals surface area (Å²) in [7, 11) is 3.38. The molecular weight excluding hydrogens is 371 g/mol. The van der Waals surface area contributed by atoms with Crippen molar-refractivity contribution in [3.63, 3.8) is 0 Å². The van der Waals surface area contributed by atoms with Gasteiger partial charge in [0.1, 0.15) is 23.2 Å². The normalized spacial score (nSPS) is 12.4. The topological polar surface area (TPSA) is 15.6 Å². The lowest BCUT2D eigenvalue weighted by atomic mass is 10.2. The van der Waals surface area contributed by atoms with E-state index < -0.39 is 23.6 Å². The molecule has 0 bridgehead atoms. The number of hydrogen-bond acceptors (Lipinski definition) is 2. The molecule has 2 aromatic carbocycles. The molecule has 0 unspecified atom stereocenters. The zero-order valence-corrected chi connectivity index (χ0v) is 15.2. The third-order valence-corrected chi connectivity index (χ3v) is 4.61. The van der Waals surface area contributed by atoms with Gasteiger partial charge in [-0.15, -0.1) is 11.8 Å². The molecule has 2 rings (SSSR count). The smallest absolute Gasteiger partial charge is 0.362 e. The fourth-order valence-corrected chi connectivity index (χ4v) is 2.98. The Morgan fingerprint density at radius 3 is 2.23 bits per heavy atom. The third kappa shape index (κ3) is 5.45. The minimum Gasteiger partial charge on any atom is -0.362 e. The van der Waals surface area contributed by atoms with Gasteiger partial charge in [0.25, 0.3) is 0 Å². The maximum absolute atomic E-state index is 14.3. The average Bonchev–Trinajstić information content (AvgIpc) is 2.53. The summed E-state index contributed by atoms with van der Waals surface area (Å²) in [6.45, 7) is 1.54. The molecule has 0 fully saturated rings. The lowest BCUT2D eigenvalue weighted by molar-refractivity contribution is -0.105. The number of aryl methyl sites for hydroxylation is 1. The number of rotatable bonds is 4. The van der Waals surface area contributed by atoms with Crippen molar-refractivity contribution in [2.24, 2.45) is 4.99 Å². The fraction of sp³-hybridized carbons (Fsp3) is 0.278. The number of benzene rings is 2. The summed E-state index contributed by atoms with van der Waals surface area (Å²) in [5.74, 6) is -1.76. The van der Waals surface area contributed by atoms with Crippen molar-refractivity contribution in [3.8, 4) is 0 Å². The van der Waals surface area contributed by atoms with Crippen LogP contribution in [0.3, 0.4) is 0 Å². The Morgan fingerprint density at radius 2 is 1.69 bits per heavy atom. The fourth-order valence-electron chi connectivity index (χ4n) is 2.18. The van der Waals surface area contributed by atoms with E-state index in [1.54, 1.807) is 25.9 Å². The van der Waals surface area contributed by atoms with Crippen molar-refractivity contribution >= 4 is 23.3 Å². The van der Waals surface area contributed by atoms with Crippen LogP contribution in [0.2, 0.25) is 0 Å². The van der Waals surface area contributed by atoms with Gasteiger partial charge in [-0.2, -0.15) is 13.2 Å². The summed E-state index contributed by atoms with van der Waals surface area (Å²) < 4.78 is 64.8. The predicted octanol–water partition coefficient (Wildman–Crippen LogP) is 5.57. The molecule has 2 nitrogen and oxygen atoms in total. The molecular formula is C18H17F5N2S. The van der Waals surface area contributed by atoms with E-state index in [0.29, 0.717) is 33.6 Å². The van der Waals surface area contributed by atoms with E-state index in [-0.39, 0.29) is 5.69 Å². The lowest BCUT2D eigenvalue weighted by Crippen LogP contribution is -2.22. The number of alkyl halides is 3. The molecule has 0 radical (unpaired) electrons. The van der Waals surface area contributed by atoms with Crippen LogP contribution in [0, 0.1) is 18.6 Å². The van der Waals surface area contributed by atoms with Gasteiger partial charge in [-0.1, -0.05) is 0 Å². The van der Waals surface area contributed by atoms with E-state index in [4.69, 9.17) is 0 Å². The minimum atomic E-state index is -4.32. The molecule has 0 saturated carbocycles. The zero-order chi connectivity index (χ0) is 19.5. The first-order chi connectivity index (χ1) is 12.1. The van der Waals surface area contributed by atoms with E-state index in [2.05, 4.69) is 4.99 Å². The third-order valence-electron chi connectivity index (χ3n) is 3.39. The van der Waals surface area contributed by atoms with Gasteiger partial charge in [0.2, 0.25) is 0 Å². The molecule has 0 aromatic heterocycles. The van der Waals surface area contributed by atoms with Crippen LogP contribution in [-0.2, 0) is 0 Å². The molecule has 0 saturated heterocycles. The minimum absolute atomic E-state index is 0.0756. The Morgan fingerprint density at radius 1 is 1.08 bits per heavy atom. The highest BCUT2D eigenvalue weighted by atomic mass is 32.2. The Bertz CT molecular complexity index is 798. The van der Waals surface area contributed by atoms with Crippen molar-refractivity contribution in [2.75, 3.05) is 19.8 Å². The van der Waals surface area contributed by atoms with Crippen LogP contribution in [0.4, 0.5) is 27.6 Å². The number of nitrogens with zero attached hydrogens (tertiary/aromatic N) is 2. The van der Waals surface area contributed by atoms with Crippen LogP contribution < -0.4 is 0 Å². The summed E-state index contributed by atoms with van der Waals surface area (Å²) >= 11 is 0.586. The van der Waals surface area contributed by atoms with Gasteiger partial charge in [-0.05, 0) is 48.9 Å². The summed E-state index contributed by atoms with van der Waals surface area (Å²) in [5, 5.41) is 0. The Hall–Kier alpha value is -2.09. The van der Waals surface area contributed by atoms with Gasteiger partial charge in [0.05, 0.1) is 5.75 Å². The van der Waals surface area contributed by atoms with Crippen LogP contribution in [0.1, 0.15) is 11.1 Å². The molecule has 0 N–H and O–H groups in total. The molecule has 0 aliphatic carbocycles. The Balaban J connectivity index is 2.44. The Labute approximate surface area is 152 Å². The van der Waals surface area contributed by atoms with Crippen molar-refractivity contribution in [2.45, 2.75) is 18.0 Å². The number of amidine groups is 1. The highest BCUT2D eigenvalue weighted by Crippen LogP contribution is 2.33. The SMILES string of the molecule is Cc1cc(F)c(/N=C(\c2ccc(F)cc2)N(C)C)cc1SCC(F)(F)F. The van der Waals surface area contributed by atoms with E-state index in [9.17, 15) is 22.0 Å². The molecule has 8 heteroatoms. The van der Waals surface area contributed by atoms with Crippen LogP contribution in [0.25, 0.3) is 0 Å². The summed E-state index contributed by atoms with van der Waals surface area (Å²) in [5.41, 5.74) is 0.887. The molecule has 2 aromatic rings. The van der Waals surface area contributed by atoms with Crippen LogP contribution in [0.15, 0.2) is 46.3 Å². The van der Waals surface area contributed by atoms with Gasteiger partial charge < -0.3 is 4.90 Å². The number of hydrogen-bond donors (Lipinski definition) is 0. The molecule has 0 aliphatic rings. The first-order valence-corrected chi connectivity index (χ1v) is 8.57. The average molecular weight is 388 g/mol. The number of halogens is 5. The van der Waals surface area contributed by atoms with Crippen LogP contribution in [-0.4, -0.2) is 36.8 Å². The molecule has 0 heterocycles.